The monoisotopic (exact) mass is 386 g/mol. The van der Waals surface area contributed by atoms with Crippen LogP contribution >= 0.6 is 11.8 Å². The minimum absolute atomic E-state index is 0.352. The molecule has 2 aliphatic rings. The number of carbonyl (C=O) groups excluding carboxylic acids is 3. The lowest BCUT2D eigenvalue weighted by atomic mass is 9.96. The molecule has 1 unspecified atom stereocenters. The molecule has 0 radical (unpaired) electrons. The van der Waals surface area contributed by atoms with E-state index >= 15 is 0 Å². The Morgan fingerprint density at radius 1 is 1.42 bits per heavy atom. The van der Waals surface area contributed by atoms with Crippen LogP contribution in [-0.4, -0.2) is 74.4 Å². The highest BCUT2D eigenvalue weighted by Gasteiger charge is 2.64. The van der Waals surface area contributed by atoms with Crippen molar-refractivity contribution in [3.8, 4) is 0 Å². The van der Waals surface area contributed by atoms with Gasteiger partial charge in [-0.2, -0.15) is 0 Å². The molecule has 0 saturated carbocycles. The summed E-state index contributed by atoms with van der Waals surface area (Å²) in [6.45, 7) is 4.61. The second-order valence-corrected chi connectivity index (χ2v) is 8.41. The molecule has 12 heteroatoms. The third-order valence-electron chi connectivity index (χ3n) is 4.18. The summed E-state index contributed by atoms with van der Waals surface area (Å²) in [5, 5.41) is 23.2. The quantitative estimate of drug-likeness (QED) is 0.166. The molecular weight excluding hydrogens is 364 g/mol. The largest absolute Gasteiger partial charge is 0.480 e. The first kappa shape index (κ1) is 19.8. The van der Waals surface area contributed by atoms with Crippen molar-refractivity contribution in [2.24, 2.45) is 5.73 Å². The Bertz CT molecular complexity index is 668. The van der Waals surface area contributed by atoms with Gasteiger partial charge in [-0.15, -0.1) is 11.8 Å². The molecule has 2 heterocycles. The first-order chi connectivity index (χ1) is 12.0. The molecule has 2 aliphatic heterocycles. The highest BCUT2D eigenvalue weighted by atomic mass is 32.2. The van der Waals surface area contributed by atoms with Gasteiger partial charge in [0.15, 0.2) is 5.96 Å². The first-order valence-electron chi connectivity index (χ1n) is 7.86. The van der Waals surface area contributed by atoms with Crippen molar-refractivity contribution in [3.05, 3.63) is 0 Å². The summed E-state index contributed by atoms with van der Waals surface area (Å²) in [4.78, 5) is 48.7. The number of aliphatic carboxylic acids is 1. The summed E-state index contributed by atoms with van der Waals surface area (Å²) >= 11 is 1.32. The van der Waals surface area contributed by atoms with Crippen LogP contribution in [0.3, 0.4) is 0 Å². The number of carbonyl (C=O) groups is 4. The zero-order valence-corrected chi connectivity index (χ0v) is 15.3. The van der Waals surface area contributed by atoms with Crippen LogP contribution < -0.4 is 21.7 Å². The molecule has 0 spiro atoms. The van der Waals surface area contributed by atoms with Gasteiger partial charge in [0.05, 0.1) is 6.54 Å². The molecule has 26 heavy (non-hydrogen) atoms. The molecule has 2 rings (SSSR count). The Hall–Kier alpha value is -2.50. The van der Waals surface area contributed by atoms with Crippen LogP contribution in [0.5, 0.6) is 0 Å². The van der Waals surface area contributed by atoms with Crippen LogP contribution in [0.1, 0.15) is 20.8 Å². The van der Waals surface area contributed by atoms with E-state index in [9.17, 15) is 24.3 Å². The molecule has 3 amide bonds. The number of fused-ring (bicyclic) bond motifs is 1. The molecule has 2 fully saturated rings. The zero-order chi connectivity index (χ0) is 19.8. The Kier molecular flexibility index (Phi) is 5.35. The molecule has 0 aromatic carbocycles. The van der Waals surface area contributed by atoms with Crippen molar-refractivity contribution in [1.29, 1.82) is 5.41 Å². The number of carboxylic acid groups (broad SMARTS) is 1. The van der Waals surface area contributed by atoms with Crippen molar-refractivity contribution in [3.63, 3.8) is 0 Å². The van der Waals surface area contributed by atoms with E-state index in [1.54, 1.807) is 13.8 Å². The predicted octanol–water partition coefficient (Wildman–Crippen LogP) is -2.39. The molecular formula is C14H22N6O5S. The molecule has 0 aliphatic carbocycles. The number of amides is 3. The van der Waals surface area contributed by atoms with Gasteiger partial charge in [0.1, 0.15) is 23.5 Å². The molecule has 7 N–H and O–H groups in total. The summed E-state index contributed by atoms with van der Waals surface area (Å²) in [5.74, 6) is -3.00. The number of carboxylic acids is 1. The van der Waals surface area contributed by atoms with Crippen molar-refractivity contribution < 1.29 is 24.3 Å². The maximum Gasteiger partial charge on any atom is 0.327 e. The molecule has 2 saturated heterocycles. The highest BCUT2D eigenvalue weighted by Crippen LogP contribution is 2.50. The fourth-order valence-corrected chi connectivity index (χ4v) is 4.61. The van der Waals surface area contributed by atoms with Crippen LogP contribution in [0.15, 0.2) is 0 Å². The van der Waals surface area contributed by atoms with Gasteiger partial charge in [0, 0.05) is 4.75 Å². The summed E-state index contributed by atoms with van der Waals surface area (Å²) < 4.78 is -0.673. The van der Waals surface area contributed by atoms with Gasteiger partial charge >= 0.3 is 5.97 Å². The number of guanidine groups is 1. The lowest BCUT2D eigenvalue weighted by Crippen LogP contribution is -2.71. The normalized spacial score (nSPS) is 27.0. The standard InChI is InChI=1S/C14H22N6O5S/c1-5(18-13(15)16)9(22)17-4-6(21)19-7-10(23)20-8(12(24)25)14(2,3)26-11(7)20/h5,7-8,11H,4H2,1-3H3,(H,17,22)(H,19,21)(H,24,25)(H4,15,16,18)/t5?,7-,8+,11-/m1/s1. The lowest BCUT2D eigenvalue weighted by Gasteiger charge is -2.43. The number of hydrogen-bond acceptors (Lipinski definition) is 6. The number of hydrogen-bond donors (Lipinski definition) is 6. The van der Waals surface area contributed by atoms with Gasteiger partial charge in [0.25, 0.3) is 0 Å². The fraction of sp³-hybridized carbons (Fsp3) is 0.643. The smallest absolute Gasteiger partial charge is 0.327 e. The second-order valence-electron chi connectivity index (χ2n) is 6.64. The third-order valence-corrected chi connectivity index (χ3v) is 5.75. The number of thioether (sulfide) groups is 1. The summed E-state index contributed by atoms with van der Waals surface area (Å²) in [7, 11) is 0. The lowest BCUT2D eigenvalue weighted by molar-refractivity contribution is -0.161. The topological polar surface area (TPSA) is 178 Å². The van der Waals surface area contributed by atoms with Crippen molar-refractivity contribution >= 4 is 41.4 Å². The van der Waals surface area contributed by atoms with E-state index in [1.165, 1.54) is 23.6 Å². The number of nitrogens with zero attached hydrogens (tertiary/aromatic N) is 1. The highest BCUT2D eigenvalue weighted by molar-refractivity contribution is 8.01. The van der Waals surface area contributed by atoms with Gasteiger partial charge in [-0.3, -0.25) is 19.8 Å². The Morgan fingerprint density at radius 2 is 2.04 bits per heavy atom. The van der Waals surface area contributed by atoms with E-state index in [0.29, 0.717) is 0 Å². The zero-order valence-electron chi connectivity index (χ0n) is 14.5. The van der Waals surface area contributed by atoms with Crippen LogP contribution in [0.4, 0.5) is 0 Å². The Morgan fingerprint density at radius 3 is 2.58 bits per heavy atom. The van der Waals surface area contributed by atoms with E-state index in [4.69, 9.17) is 11.1 Å². The number of β-lactam (4-membered cyclic amide) rings is 1. The summed E-state index contributed by atoms with van der Waals surface area (Å²) in [6.07, 6.45) is 0. The van der Waals surface area contributed by atoms with Crippen molar-refractivity contribution in [2.75, 3.05) is 6.54 Å². The minimum atomic E-state index is -1.08. The van der Waals surface area contributed by atoms with Gasteiger partial charge in [-0.05, 0) is 20.8 Å². The predicted molar refractivity (Wildman–Crippen MR) is 93.2 cm³/mol. The van der Waals surface area contributed by atoms with Gasteiger partial charge < -0.3 is 31.7 Å². The average molecular weight is 386 g/mol. The van der Waals surface area contributed by atoms with Crippen LogP contribution in [0, 0.1) is 5.41 Å². The summed E-state index contributed by atoms with van der Waals surface area (Å²) in [6, 6.07) is -2.55. The molecule has 0 bridgehead atoms. The Labute approximate surface area is 153 Å². The van der Waals surface area contributed by atoms with Gasteiger partial charge in [-0.25, -0.2) is 4.79 Å². The number of nitrogens with one attached hydrogen (secondary N) is 4. The molecule has 11 nitrogen and oxygen atoms in total. The fourth-order valence-electron chi connectivity index (χ4n) is 2.99. The molecule has 0 aromatic rings. The number of nitrogens with two attached hydrogens (primary N) is 1. The van der Waals surface area contributed by atoms with E-state index in [0.717, 1.165) is 0 Å². The third kappa shape index (κ3) is 3.69. The van der Waals surface area contributed by atoms with Crippen molar-refractivity contribution in [2.45, 2.75) is 49.0 Å². The summed E-state index contributed by atoms with van der Waals surface area (Å²) in [5.41, 5.74) is 5.12. The number of rotatable bonds is 6. The molecule has 0 aromatic heterocycles. The van der Waals surface area contributed by atoms with Crippen molar-refractivity contribution in [1.82, 2.24) is 20.9 Å². The van der Waals surface area contributed by atoms with Gasteiger partial charge in [0.2, 0.25) is 17.7 Å². The van der Waals surface area contributed by atoms with Gasteiger partial charge in [-0.1, -0.05) is 0 Å². The van der Waals surface area contributed by atoms with E-state index < -0.39 is 51.9 Å². The average Bonchev–Trinajstić information content (AvgIpc) is 2.77. The Balaban J connectivity index is 1.88. The molecule has 4 atom stereocenters. The van der Waals surface area contributed by atoms with Crippen LogP contribution in [0.25, 0.3) is 0 Å². The molecule has 144 valence electrons. The maximum absolute atomic E-state index is 12.2. The first-order valence-corrected chi connectivity index (χ1v) is 8.74. The van der Waals surface area contributed by atoms with E-state index in [2.05, 4.69) is 16.0 Å². The van der Waals surface area contributed by atoms with E-state index in [1.807, 2.05) is 0 Å². The SMILES string of the molecule is CC(NC(=N)N)C(=O)NCC(=O)N[C@@H]1C(=O)N2[C@@H]1SC(C)(C)[C@@H]2C(=O)O. The second kappa shape index (κ2) is 7.02. The van der Waals surface area contributed by atoms with E-state index in [-0.39, 0.29) is 12.5 Å². The van der Waals surface area contributed by atoms with Crippen LogP contribution in [0.2, 0.25) is 0 Å². The van der Waals surface area contributed by atoms with Crippen LogP contribution in [-0.2, 0) is 19.2 Å². The minimum Gasteiger partial charge on any atom is -0.480 e. The maximum atomic E-state index is 12.2.